The molecule has 0 bridgehead atoms. The van der Waals surface area contributed by atoms with E-state index in [4.69, 9.17) is 16.6 Å². The number of thiazole rings is 1. The second-order valence-corrected chi connectivity index (χ2v) is 9.14. The lowest BCUT2D eigenvalue weighted by molar-refractivity contribution is -0.116. The van der Waals surface area contributed by atoms with E-state index < -0.39 is 0 Å². The predicted octanol–water partition coefficient (Wildman–Crippen LogP) is 6.12. The van der Waals surface area contributed by atoms with E-state index in [-0.39, 0.29) is 17.5 Å². The Morgan fingerprint density at radius 2 is 2.03 bits per heavy atom. The fraction of sp³-hybridized carbons (Fsp3) is 0.136. The summed E-state index contributed by atoms with van der Waals surface area (Å²) in [6.07, 6.45) is 3.44. The first-order chi connectivity index (χ1) is 14.5. The van der Waals surface area contributed by atoms with Crippen LogP contribution in [0.15, 0.2) is 65.8 Å². The minimum Gasteiger partial charge on any atom is -0.283 e. The Bertz CT molecular complexity index is 1180. The Morgan fingerprint density at radius 3 is 2.77 bits per heavy atom. The third-order valence-electron chi connectivity index (χ3n) is 4.41. The largest absolute Gasteiger partial charge is 0.283 e. The van der Waals surface area contributed by atoms with Crippen LogP contribution in [0.5, 0.6) is 0 Å². The third kappa shape index (κ3) is 4.80. The number of pyridine rings is 1. The van der Waals surface area contributed by atoms with Gasteiger partial charge in [0.1, 0.15) is 5.82 Å². The van der Waals surface area contributed by atoms with Gasteiger partial charge in [0, 0.05) is 22.3 Å². The first-order valence-electron chi connectivity index (χ1n) is 9.14. The molecule has 1 amide bonds. The van der Waals surface area contributed by atoms with Gasteiger partial charge in [-0.2, -0.15) is 0 Å². The van der Waals surface area contributed by atoms with Crippen molar-refractivity contribution in [2.24, 2.45) is 0 Å². The fourth-order valence-electron chi connectivity index (χ4n) is 2.95. The van der Waals surface area contributed by atoms with Crippen LogP contribution in [0.1, 0.15) is 11.1 Å². The average Bonchev–Trinajstić information content (AvgIpc) is 3.16. The molecule has 8 heteroatoms. The van der Waals surface area contributed by atoms with Gasteiger partial charge in [-0.3, -0.25) is 14.7 Å². The molecular formula is C22H17ClFN3OS2. The lowest BCUT2D eigenvalue weighted by atomic mass is 10.2. The van der Waals surface area contributed by atoms with Gasteiger partial charge in [-0.05, 0) is 60.5 Å². The number of thioether (sulfide) groups is 1. The zero-order chi connectivity index (χ0) is 21.1. The molecule has 2 aromatic heterocycles. The summed E-state index contributed by atoms with van der Waals surface area (Å²) >= 11 is 8.99. The van der Waals surface area contributed by atoms with Crippen molar-refractivity contribution < 1.29 is 9.18 Å². The maximum atomic E-state index is 13.2. The van der Waals surface area contributed by atoms with Crippen molar-refractivity contribution in [2.45, 2.75) is 18.4 Å². The highest BCUT2D eigenvalue weighted by molar-refractivity contribution is 8.00. The molecule has 0 atom stereocenters. The molecule has 152 valence electrons. The SMILES string of the molecule is Cc1cc(Cl)cc2sc(N(Cc3cccnc3)C(=O)CSc3ccc(F)cc3)nc12. The third-order valence-corrected chi connectivity index (χ3v) is 6.65. The van der Waals surface area contributed by atoms with Gasteiger partial charge in [-0.1, -0.05) is 29.0 Å². The summed E-state index contributed by atoms with van der Waals surface area (Å²) < 4.78 is 14.1. The van der Waals surface area contributed by atoms with E-state index >= 15 is 0 Å². The maximum absolute atomic E-state index is 13.2. The second kappa shape index (κ2) is 9.12. The van der Waals surface area contributed by atoms with Crippen molar-refractivity contribution in [3.05, 3.63) is 82.9 Å². The molecule has 2 aromatic carbocycles. The van der Waals surface area contributed by atoms with E-state index in [9.17, 15) is 9.18 Å². The number of carbonyl (C=O) groups excluding carboxylic acids is 1. The molecule has 0 spiro atoms. The summed E-state index contributed by atoms with van der Waals surface area (Å²) in [5.41, 5.74) is 2.72. The van der Waals surface area contributed by atoms with E-state index in [1.165, 1.54) is 35.2 Å². The van der Waals surface area contributed by atoms with Crippen LogP contribution in [0, 0.1) is 12.7 Å². The molecule has 2 heterocycles. The number of nitrogens with zero attached hydrogens (tertiary/aromatic N) is 3. The summed E-state index contributed by atoms with van der Waals surface area (Å²) in [5.74, 6) is -0.176. The number of fused-ring (bicyclic) bond motifs is 1. The molecule has 0 radical (unpaired) electrons. The molecule has 0 saturated heterocycles. The smallest absolute Gasteiger partial charge is 0.239 e. The van der Waals surface area contributed by atoms with Gasteiger partial charge in [0.15, 0.2) is 5.13 Å². The minimum atomic E-state index is -0.299. The normalized spacial score (nSPS) is 11.0. The van der Waals surface area contributed by atoms with Crippen molar-refractivity contribution >= 4 is 56.0 Å². The first kappa shape index (κ1) is 20.8. The zero-order valence-corrected chi connectivity index (χ0v) is 18.4. The van der Waals surface area contributed by atoms with E-state index in [1.54, 1.807) is 29.4 Å². The number of amides is 1. The number of rotatable bonds is 6. The first-order valence-corrected chi connectivity index (χ1v) is 11.3. The van der Waals surface area contributed by atoms with Crippen LogP contribution in [0.3, 0.4) is 0 Å². The Kier molecular flexibility index (Phi) is 6.32. The van der Waals surface area contributed by atoms with Gasteiger partial charge in [-0.25, -0.2) is 9.37 Å². The molecule has 30 heavy (non-hydrogen) atoms. The number of halogens is 2. The number of hydrogen-bond acceptors (Lipinski definition) is 5. The highest BCUT2D eigenvalue weighted by Gasteiger charge is 2.21. The standard InChI is InChI=1S/C22H17ClFN3OS2/c1-14-9-16(23)10-19-21(14)26-22(30-19)27(12-15-3-2-8-25-11-15)20(28)13-29-18-6-4-17(24)5-7-18/h2-11H,12-13H2,1H3. The Balaban J connectivity index is 1.63. The second-order valence-electron chi connectivity index (χ2n) is 6.65. The molecule has 4 nitrogen and oxygen atoms in total. The molecule has 0 aliphatic carbocycles. The molecule has 4 aromatic rings. The molecule has 0 saturated carbocycles. The van der Waals surface area contributed by atoms with Crippen molar-refractivity contribution in [3.8, 4) is 0 Å². The Hall–Kier alpha value is -2.48. The molecule has 0 N–H and O–H groups in total. The van der Waals surface area contributed by atoms with Gasteiger partial charge in [0.25, 0.3) is 0 Å². The molecule has 0 aliphatic rings. The monoisotopic (exact) mass is 457 g/mol. The summed E-state index contributed by atoms with van der Waals surface area (Å²) in [6.45, 7) is 2.32. The zero-order valence-electron chi connectivity index (χ0n) is 16.0. The topological polar surface area (TPSA) is 46.1 Å². The van der Waals surface area contributed by atoms with Crippen LogP contribution in [0.2, 0.25) is 5.02 Å². The van der Waals surface area contributed by atoms with Crippen LogP contribution in [-0.2, 0) is 11.3 Å². The van der Waals surface area contributed by atoms with Crippen molar-refractivity contribution in [1.82, 2.24) is 9.97 Å². The highest BCUT2D eigenvalue weighted by Crippen LogP contribution is 2.34. The van der Waals surface area contributed by atoms with Crippen LogP contribution in [0.4, 0.5) is 9.52 Å². The maximum Gasteiger partial charge on any atom is 0.239 e. The molecule has 0 unspecified atom stereocenters. The van der Waals surface area contributed by atoms with Crippen LogP contribution in [-0.4, -0.2) is 21.6 Å². The number of aromatic nitrogens is 2. The number of aryl methyl sites for hydroxylation is 1. The molecule has 0 aliphatic heterocycles. The quantitative estimate of drug-likeness (QED) is 0.327. The lowest BCUT2D eigenvalue weighted by Crippen LogP contribution is -2.31. The van der Waals surface area contributed by atoms with Gasteiger partial charge in [0.05, 0.1) is 22.5 Å². The van der Waals surface area contributed by atoms with Crippen molar-refractivity contribution in [3.63, 3.8) is 0 Å². The van der Waals surface area contributed by atoms with E-state index in [1.807, 2.05) is 31.2 Å². The summed E-state index contributed by atoms with van der Waals surface area (Å²) in [5, 5.41) is 1.26. The van der Waals surface area contributed by atoms with E-state index in [0.29, 0.717) is 16.7 Å². The number of anilines is 1. The Labute approximate surface area is 186 Å². The number of hydrogen-bond donors (Lipinski definition) is 0. The number of benzene rings is 2. The lowest BCUT2D eigenvalue weighted by Gasteiger charge is -2.19. The molecule has 4 rings (SSSR count). The fourth-order valence-corrected chi connectivity index (χ4v) is 5.16. The van der Waals surface area contributed by atoms with Crippen molar-refractivity contribution in [1.29, 1.82) is 0 Å². The van der Waals surface area contributed by atoms with Crippen LogP contribution >= 0.6 is 34.7 Å². The van der Waals surface area contributed by atoms with Crippen molar-refractivity contribution in [2.75, 3.05) is 10.7 Å². The predicted molar refractivity (Wildman–Crippen MR) is 122 cm³/mol. The van der Waals surface area contributed by atoms with Gasteiger partial charge < -0.3 is 0 Å². The van der Waals surface area contributed by atoms with Gasteiger partial charge >= 0.3 is 0 Å². The Morgan fingerprint density at radius 1 is 1.23 bits per heavy atom. The van der Waals surface area contributed by atoms with E-state index in [2.05, 4.69) is 4.98 Å². The molecular weight excluding hydrogens is 441 g/mol. The summed E-state index contributed by atoms with van der Waals surface area (Å²) in [7, 11) is 0. The van der Waals surface area contributed by atoms with Gasteiger partial charge in [0.2, 0.25) is 5.91 Å². The highest BCUT2D eigenvalue weighted by atomic mass is 35.5. The van der Waals surface area contributed by atoms with E-state index in [0.717, 1.165) is 26.2 Å². The molecule has 0 fully saturated rings. The minimum absolute atomic E-state index is 0.0871. The van der Waals surface area contributed by atoms with Crippen LogP contribution in [0.25, 0.3) is 10.2 Å². The summed E-state index contributed by atoms with van der Waals surface area (Å²) in [6, 6.07) is 13.6. The number of carbonyl (C=O) groups is 1. The van der Waals surface area contributed by atoms with Gasteiger partial charge in [-0.15, -0.1) is 11.8 Å². The van der Waals surface area contributed by atoms with Crippen LogP contribution < -0.4 is 4.90 Å². The summed E-state index contributed by atoms with van der Waals surface area (Å²) in [4.78, 5) is 24.5. The average molecular weight is 458 g/mol.